The molecule has 0 atom stereocenters. The number of ketones is 1. The molecule has 2 rings (SSSR count). The minimum absolute atomic E-state index is 0.167. The van der Waals surface area contributed by atoms with Crippen LogP contribution in [0.2, 0.25) is 0 Å². The van der Waals surface area contributed by atoms with Crippen molar-refractivity contribution < 1.29 is 13.6 Å². The number of benzene rings is 2. The van der Waals surface area contributed by atoms with Gasteiger partial charge in [-0.1, -0.05) is 12.1 Å². The monoisotopic (exact) mass is 374 g/mol. The quantitative estimate of drug-likeness (QED) is 0.694. The molecule has 0 aromatic heterocycles. The molecular formula is C13H6Br2F2O. The Kier molecular flexibility index (Phi) is 3.92. The van der Waals surface area contributed by atoms with Crippen LogP contribution in [0.25, 0.3) is 0 Å². The third kappa shape index (κ3) is 2.37. The summed E-state index contributed by atoms with van der Waals surface area (Å²) in [6.07, 6.45) is 0. The molecule has 2 aromatic carbocycles. The van der Waals surface area contributed by atoms with Gasteiger partial charge in [0.25, 0.3) is 0 Å². The Morgan fingerprint density at radius 1 is 0.944 bits per heavy atom. The van der Waals surface area contributed by atoms with Gasteiger partial charge in [-0.05, 0) is 56.1 Å². The third-order valence-corrected chi connectivity index (χ3v) is 3.66. The van der Waals surface area contributed by atoms with Crippen molar-refractivity contribution in [2.24, 2.45) is 0 Å². The van der Waals surface area contributed by atoms with E-state index >= 15 is 0 Å². The Morgan fingerprint density at radius 2 is 1.56 bits per heavy atom. The van der Waals surface area contributed by atoms with Crippen LogP contribution in [0.5, 0.6) is 0 Å². The molecular weight excluding hydrogens is 370 g/mol. The van der Waals surface area contributed by atoms with Gasteiger partial charge in [0.1, 0.15) is 11.6 Å². The van der Waals surface area contributed by atoms with E-state index in [9.17, 15) is 13.6 Å². The molecule has 0 saturated carbocycles. The van der Waals surface area contributed by atoms with Crippen LogP contribution in [0, 0.1) is 11.6 Å². The molecule has 2 aromatic rings. The van der Waals surface area contributed by atoms with Crippen LogP contribution in [0.15, 0.2) is 45.3 Å². The lowest BCUT2D eigenvalue weighted by atomic mass is 10.0. The van der Waals surface area contributed by atoms with Crippen molar-refractivity contribution in [1.82, 2.24) is 0 Å². The molecule has 0 fully saturated rings. The van der Waals surface area contributed by atoms with Crippen LogP contribution in [0.1, 0.15) is 15.9 Å². The van der Waals surface area contributed by atoms with Crippen molar-refractivity contribution in [3.8, 4) is 0 Å². The highest BCUT2D eigenvalue weighted by Gasteiger charge is 2.21. The predicted octanol–water partition coefficient (Wildman–Crippen LogP) is 4.72. The van der Waals surface area contributed by atoms with Crippen LogP contribution in [-0.4, -0.2) is 5.78 Å². The zero-order chi connectivity index (χ0) is 13.3. The maximum atomic E-state index is 13.8. The summed E-state index contributed by atoms with van der Waals surface area (Å²) in [6.45, 7) is 0. The van der Waals surface area contributed by atoms with Gasteiger partial charge in [0.2, 0.25) is 0 Å². The molecule has 0 N–H and O–H groups in total. The maximum absolute atomic E-state index is 13.8. The molecule has 0 saturated heterocycles. The molecule has 5 heteroatoms. The van der Waals surface area contributed by atoms with Gasteiger partial charge in [-0.15, -0.1) is 0 Å². The molecule has 0 aliphatic carbocycles. The summed E-state index contributed by atoms with van der Waals surface area (Å²) in [5.74, 6) is -2.08. The number of hydrogen-bond donors (Lipinski definition) is 0. The Hall–Kier alpha value is -1.07. The summed E-state index contributed by atoms with van der Waals surface area (Å²) < 4.78 is 27.9. The van der Waals surface area contributed by atoms with Crippen molar-refractivity contribution in [3.63, 3.8) is 0 Å². The number of halogens is 4. The molecule has 0 aliphatic rings. The standard InChI is InChI=1S/C13H6Br2F2O/c14-8-4-2-6-10(16)11(8)13(18)7-3-1-5-9(15)12(7)17/h1-6H. The van der Waals surface area contributed by atoms with Crippen molar-refractivity contribution in [1.29, 1.82) is 0 Å². The Bertz CT molecular complexity index is 606. The highest BCUT2D eigenvalue weighted by atomic mass is 79.9. The van der Waals surface area contributed by atoms with Gasteiger partial charge in [-0.3, -0.25) is 4.79 Å². The molecule has 0 radical (unpaired) electrons. The molecule has 0 spiro atoms. The lowest BCUT2D eigenvalue weighted by Gasteiger charge is -2.07. The lowest BCUT2D eigenvalue weighted by molar-refractivity contribution is 0.103. The van der Waals surface area contributed by atoms with E-state index in [0.29, 0.717) is 4.47 Å². The second-order valence-corrected chi connectivity index (χ2v) is 5.24. The van der Waals surface area contributed by atoms with Gasteiger partial charge in [0.15, 0.2) is 5.78 Å². The van der Waals surface area contributed by atoms with E-state index in [1.54, 1.807) is 0 Å². The van der Waals surface area contributed by atoms with E-state index in [-0.39, 0.29) is 15.6 Å². The van der Waals surface area contributed by atoms with E-state index in [1.807, 2.05) is 0 Å². The SMILES string of the molecule is O=C(c1cccc(Br)c1F)c1c(F)cccc1Br. The first-order chi connectivity index (χ1) is 8.52. The second kappa shape index (κ2) is 5.28. The van der Waals surface area contributed by atoms with Crippen molar-refractivity contribution in [2.45, 2.75) is 0 Å². The van der Waals surface area contributed by atoms with E-state index in [0.717, 1.165) is 6.07 Å². The largest absolute Gasteiger partial charge is 0.288 e. The van der Waals surface area contributed by atoms with Gasteiger partial charge >= 0.3 is 0 Å². The summed E-state index contributed by atoms with van der Waals surface area (Å²) in [5.41, 5.74) is -0.343. The second-order valence-electron chi connectivity index (χ2n) is 3.53. The van der Waals surface area contributed by atoms with E-state index in [1.165, 1.54) is 30.3 Å². The van der Waals surface area contributed by atoms with Gasteiger partial charge in [-0.25, -0.2) is 8.78 Å². The molecule has 0 amide bonds. The third-order valence-electron chi connectivity index (χ3n) is 2.39. The predicted molar refractivity (Wildman–Crippen MR) is 71.6 cm³/mol. The first-order valence-electron chi connectivity index (χ1n) is 4.95. The average Bonchev–Trinajstić information content (AvgIpc) is 2.32. The van der Waals surface area contributed by atoms with Crippen LogP contribution in [0.3, 0.4) is 0 Å². The topological polar surface area (TPSA) is 17.1 Å². The molecule has 92 valence electrons. The van der Waals surface area contributed by atoms with Crippen LogP contribution in [-0.2, 0) is 0 Å². The molecule has 0 heterocycles. The van der Waals surface area contributed by atoms with Gasteiger partial charge in [0.05, 0.1) is 15.6 Å². The summed E-state index contributed by atoms with van der Waals surface area (Å²) in [5, 5.41) is 0. The summed E-state index contributed by atoms with van der Waals surface area (Å²) in [4.78, 5) is 12.1. The fourth-order valence-corrected chi connectivity index (χ4v) is 2.42. The zero-order valence-electron chi connectivity index (χ0n) is 8.88. The lowest BCUT2D eigenvalue weighted by Crippen LogP contribution is -2.08. The molecule has 0 aliphatic heterocycles. The number of rotatable bonds is 2. The van der Waals surface area contributed by atoms with Gasteiger partial charge in [0, 0.05) is 4.47 Å². The van der Waals surface area contributed by atoms with E-state index in [4.69, 9.17) is 0 Å². The summed E-state index contributed by atoms with van der Waals surface area (Å²) in [7, 11) is 0. The number of hydrogen-bond acceptors (Lipinski definition) is 1. The summed E-state index contributed by atoms with van der Waals surface area (Å²) in [6, 6.07) is 8.48. The fourth-order valence-electron chi connectivity index (χ4n) is 1.53. The minimum atomic E-state index is -0.697. The maximum Gasteiger partial charge on any atom is 0.200 e. The molecule has 0 bridgehead atoms. The normalized spacial score (nSPS) is 10.4. The average molecular weight is 376 g/mol. The molecule has 0 unspecified atom stereocenters. The van der Waals surface area contributed by atoms with Gasteiger partial charge < -0.3 is 0 Å². The van der Waals surface area contributed by atoms with Crippen LogP contribution >= 0.6 is 31.9 Å². The fraction of sp³-hybridized carbons (Fsp3) is 0. The Morgan fingerprint density at radius 3 is 2.22 bits per heavy atom. The van der Waals surface area contributed by atoms with Gasteiger partial charge in [-0.2, -0.15) is 0 Å². The Labute approximate surface area is 119 Å². The molecule has 1 nitrogen and oxygen atoms in total. The van der Waals surface area contributed by atoms with E-state index in [2.05, 4.69) is 31.9 Å². The number of carbonyl (C=O) groups excluding carboxylic acids is 1. The first kappa shape index (κ1) is 13.4. The smallest absolute Gasteiger partial charge is 0.200 e. The van der Waals surface area contributed by atoms with Crippen molar-refractivity contribution in [3.05, 3.63) is 68.1 Å². The Balaban J connectivity index is 2.59. The minimum Gasteiger partial charge on any atom is -0.288 e. The highest BCUT2D eigenvalue weighted by molar-refractivity contribution is 9.10. The van der Waals surface area contributed by atoms with Crippen molar-refractivity contribution in [2.75, 3.05) is 0 Å². The van der Waals surface area contributed by atoms with Crippen molar-refractivity contribution >= 4 is 37.6 Å². The number of carbonyl (C=O) groups is 1. The molecule has 18 heavy (non-hydrogen) atoms. The van der Waals surface area contributed by atoms with Crippen LogP contribution < -0.4 is 0 Å². The van der Waals surface area contributed by atoms with Crippen LogP contribution in [0.4, 0.5) is 8.78 Å². The first-order valence-corrected chi connectivity index (χ1v) is 6.53. The van der Waals surface area contributed by atoms with E-state index < -0.39 is 17.4 Å². The zero-order valence-corrected chi connectivity index (χ0v) is 12.1. The highest BCUT2D eigenvalue weighted by Crippen LogP contribution is 2.26. The summed E-state index contributed by atoms with van der Waals surface area (Å²) >= 11 is 6.08.